The van der Waals surface area contributed by atoms with Gasteiger partial charge in [0.25, 0.3) is 0 Å². The van der Waals surface area contributed by atoms with Crippen LogP contribution in [0.1, 0.15) is 5.69 Å². The molecule has 0 fully saturated rings. The molecule has 0 atom stereocenters. The number of aromatic nitrogens is 3. The van der Waals surface area contributed by atoms with Crippen molar-refractivity contribution in [2.24, 2.45) is 0 Å². The zero-order valence-corrected chi connectivity index (χ0v) is 13.4. The van der Waals surface area contributed by atoms with Gasteiger partial charge < -0.3 is 9.94 Å². The number of rotatable bonds is 3. The predicted octanol–water partition coefficient (Wildman–Crippen LogP) is 0.135. The minimum atomic E-state index is 0. The molecule has 0 aliphatic carbocycles. The molecule has 86 valence electrons. The van der Waals surface area contributed by atoms with Crippen molar-refractivity contribution in [2.45, 2.75) is 10.9 Å². The van der Waals surface area contributed by atoms with Crippen LogP contribution in [0.15, 0.2) is 40.3 Å². The summed E-state index contributed by atoms with van der Waals surface area (Å²) in [7, 11) is 0. The van der Waals surface area contributed by atoms with Crippen LogP contribution in [0.5, 0.6) is 0 Å². The van der Waals surface area contributed by atoms with Gasteiger partial charge in [0.15, 0.2) is 5.16 Å². The minimum Gasteiger partial charge on any atom is -0.804 e. The second-order valence-electron chi connectivity index (χ2n) is 3.44. The molecule has 18 heavy (non-hydrogen) atoms. The first kappa shape index (κ1) is 13.9. The van der Waals surface area contributed by atoms with Gasteiger partial charge in [0.05, 0.1) is 11.2 Å². The fourth-order valence-electron chi connectivity index (χ4n) is 1.48. The fourth-order valence-corrected chi connectivity index (χ4v) is 3.03. The number of thiophene rings is 1. The summed E-state index contributed by atoms with van der Waals surface area (Å²) in [4.78, 5) is 8.49. The standard InChI is InChI=1S/C11H8N3OS2.Na/c15-14-10-7-16-6-9(10)13-11(14)17-5-8-3-1-2-4-12-8;/h1-4,6-7H,5H2;/q-1;+1. The molecule has 3 rings (SSSR count). The van der Waals surface area contributed by atoms with E-state index in [9.17, 15) is 5.21 Å². The molecule has 0 bridgehead atoms. The van der Waals surface area contributed by atoms with Gasteiger partial charge in [0.1, 0.15) is 5.52 Å². The Labute approximate surface area is 134 Å². The van der Waals surface area contributed by atoms with Crippen molar-refractivity contribution in [1.29, 1.82) is 0 Å². The fraction of sp³-hybridized carbons (Fsp3) is 0.0909. The van der Waals surface area contributed by atoms with Crippen molar-refractivity contribution in [1.82, 2.24) is 14.7 Å². The molecule has 7 heteroatoms. The quantitative estimate of drug-likeness (QED) is 0.507. The summed E-state index contributed by atoms with van der Waals surface area (Å²) in [5, 5.41) is 16.0. The second kappa shape index (κ2) is 6.08. The zero-order valence-electron chi connectivity index (χ0n) is 9.74. The summed E-state index contributed by atoms with van der Waals surface area (Å²) in [6, 6.07) is 5.75. The number of imidazole rings is 1. The van der Waals surface area contributed by atoms with Crippen molar-refractivity contribution in [3.8, 4) is 0 Å². The van der Waals surface area contributed by atoms with Gasteiger partial charge >= 0.3 is 29.6 Å². The van der Waals surface area contributed by atoms with E-state index in [0.29, 0.717) is 16.4 Å². The number of nitrogens with zero attached hydrogens (tertiary/aromatic N) is 3. The van der Waals surface area contributed by atoms with E-state index < -0.39 is 0 Å². The van der Waals surface area contributed by atoms with E-state index in [1.807, 2.05) is 29.0 Å². The molecule has 0 spiro atoms. The average Bonchev–Trinajstić information content (AvgIpc) is 2.92. The van der Waals surface area contributed by atoms with Crippen LogP contribution < -0.4 is 29.6 Å². The molecule has 0 N–H and O–H groups in total. The smallest absolute Gasteiger partial charge is 0.804 e. The van der Waals surface area contributed by atoms with Gasteiger partial charge in [-0.1, -0.05) is 17.8 Å². The van der Waals surface area contributed by atoms with E-state index in [0.717, 1.165) is 15.9 Å². The number of thioether (sulfide) groups is 1. The Morgan fingerprint density at radius 3 is 2.94 bits per heavy atom. The van der Waals surface area contributed by atoms with E-state index in [4.69, 9.17) is 0 Å². The molecular formula is C11H8N3NaOS2. The van der Waals surface area contributed by atoms with E-state index in [1.165, 1.54) is 23.1 Å². The molecule has 3 aromatic rings. The van der Waals surface area contributed by atoms with Crippen LogP contribution in [0.25, 0.3) is 11.0 Å². The van der Waals surface area contributed by atoms with E-state index in [-0.39, 0.29) is 29.6 Å². The summed E-state index contributed by atoms with van der Waals surface area (Å²) >= 11 is 2.90. The van der Waals surface area contributed by atoms with E-state index in [1.54, 1.807) is 6.20 Å². The third-order valence-electron chi connectivity index (χ3n) is 2.31. The Morgan fingerprint density at radius 2 is 2.22 bits per heavy atom. The first-order valence-corrected chi connectivity index (χ1v) is 6.92. The monoisotopic (exact) mass is 285 g/mol. The molecule has 0 aliphatic rings. The number of hydrogen-bond donors (Lipinski definition) is 0. The predicted molar refractivity (Wildman–Crippen MR) is 70.2 cm³/mol. The average molecular weight is 285 g/mol. The van der Waals surface area contributed by atoms with Gasteiger partial charge in [-0.15, -0.1) is 11.3 Å². The van der Waals surface area contributed by atoms with E-state index >= 15 is 0 Å². The summed E-state index contributed by atoms with van der Waals surface area (Å²) < 4.78 is 0.888. The Balaban J connectivity index is 0.00000120. The van der Waals surface area contributed by atoms with E-state index in [2.05, 4.69) is 9.97 Å². The van der Waals surface area contributed by atoms with Crippen LogP contribution in [-0.4, -0.2) is 14.7 Å². The maximum Gasteiger partial charge on any atom is 1.00 e. The molecule has 0 saturated heterocycles. The molecule has 0 unspecified atom stereocenters. The maximum atomic E-state index is 11.8. The largest absolute Gasteiger partial charge is 1.00 e. The van der Waals surface area contributed by atoms with Gasteiger partial charge in [-0.3, -0.25) is 4.98 Å². The van der Waals surface area contributed by atoms with Gasteiger partial charge in [-0.25, -0.2) is 4.98 Å². The van der Waals surface area contributed by atoms with Crippen molar-refractivity contribution >= 4 is 34.1 Å². The molecule has 0 radical (unpaired) electrons. The van der Waals surface area contributed by atoms with Gasteiger partial charge in [-0.05, 0) is 12.1 Å². The second-order valence-corrected chi connectivity index (χ2v) is 5.13. The maximum absolute atomic E-state index is 11.8. The first-order chi connectivity index (χ1) is 8.34. The Bertz CT molecular complexity index is 638. The molecule has 4 nitrogen and oxygen atoms in total. The summed E-state index contributed by atoms with van der Waals surface area (Å²) in [6.07, 6.45) is 1.75. The van der Waals surface area contributed by atoms with Crippen LogP contribution in [0.3, 0.4) is 0 Å². The molecule has 3 aromatic heterocycles. The van der Waals surface area contributed by atoms with Crippen molar-refractivity contribution in [2.75, 3.05) is 0 Å². The SMILES string of the molecule is [Na+].[O-]n1c(SCc2ccccn2)nc2cscc21. The third-order valence-corrected chi connectivity index (χ3v) is 3.98. The Hall–Kier alpha value is -0.530. The van der Waals surface area contributed by atoms with Gasteiger partial charge in [-0.2, -0.15) is 0 Å². The minimum absolute atomic E-state index is 0. The molecule has 0 saturated carbocycles. The third kappa shape index (κ3) is 2.73. The Morgan fingerprint density at radius 1 is 1.33 bits per heavy atom. The van der Waals surface area contributed by atoms with Crippen molar-refractivity contribution in [3.63, 3.8) is 0 Å². The molecule has 3 heterocycles. The van der Waals surface area contributed by atoms with Crippen molar-refractivity contribution in [3.05, 3.63) is 46.1 Å². The number of fused-ring (bicyclic) bond motifs is 1. The molecule has 0 aromatic carbocycles. The summed E-state index contributed by atoms with van der Waals surface area (Å²) in [5.74, 6) is 0.659. The molecule has 0 amide bonds. The van der Waals surface area contributed by atoms with Crippen LogP contribution in [0.4, 0.5) is 0 Å². The normalized spacial score (nSPS) is 10.4. The zero-order chi connectivity index (χ0) is 11.7. The van der Waals surface area contributed by atoms with Crippen molar-refractivity contribution < 1.29 is 29.6 Å². The summed E-state index contributed by atoms with van der Waals surface area (Å²) in [6.45, 7) is 0. The molecule has 0 aliphatic heterocycles. The van der Waals surface area contributed by atoms with Crippen LogP contribution in [-0.2, 0) is 5.75 Å². The molecular weight excluding hydrogens is 277 g/mol. The van der Waals surface area contributed by atoms with Crippen LogP contribution >= 0.6 is 23.1 Å². The van der Waals surface area contributed by atoms with Crippen LogP contribution in [0, 0.1) is 5.21 Å². The Kier molecular flexibility index (Phi) is 4.69. The van der Waals surface area contributed by atoms with Gasteiger partial charge in [0.2, 0.25) is 0 Å². The van der Waals surface area contributed by atoms with Gasteiger partial charge in [0, 0.05) is 22.7 Å². The first-order valence-electron chi connectivity index (χ1n) is 4.99. The summed E-state index contributed by atoms with van der Waals surface area (Å²) in [5.41, 5.74) is 2.37. The van der Waals surface area contributed by atoms with Crippen LogP contribution in [0.2, 0.25) is 0 Å². The number of hydrogen-bond acceptors (Lipinski definition) is 5. The topological polar surface area (TPSA) is 53.8 Å². The number of pyridine rings is 1.